The summed E-state index contributed by atoms with van der Waals surface area (Å²) in [6.45, 7) is 7.05. The monoisotopic (exact) mass is 311 g/mol. The van der Waals surface area contributed by atoms with Gasteiger partial charge in [-0.25, -0.2) is 0 Å². The molecule has 3 rings (SSSR count). The summed E-state index contributed by atoms with van der Waals surface area (Å²) < 4.78 is 2.17. The summed E-state index contributed by atoms with van der Waals surface area (Å²) in [7, 11) is 0. The first-order valence-electron chi connectivity index (χ1n) is 8.37. The first kappa shape index (κ1) is 15.7. The van der Waals surface area contributed by atoms with Crippen LogP contribution in [0.5, 0.6) is 0 Å². The SMILES string of the molecule is CCn1c(C)cc(C(=O)NC2CCCc3cc(N)ccc32)c1C. The fourth-order valence-corrected chi connectivity index (χ4v) is 3.74. The molecular weight excluding hydrogens is 286 g/mol. The van der Waals surface area contributed by atoms with Gasteiger partial charge in [0.25, 0.3) is 5.91 Å². The number of fused-ring (bicyclic) bond motifs is 1. The molecule has 4 nitrogen and oxygen atoms in total. The van der Waals surface area contributed by atoms with Gasteiger partial charge in [0, 0.05) is 23.6 Å². The van der Waals surface area contributed by atoms with Crippen molar-refractivity contribution < 1.29 is 4.79 Å². The van der Waals surface area contributed by atoms with E-state index >= 15 is 0 Å². The smallest absolute Gasteiger partial charge is 0.253 e. The summed E-state index contributed by atoms with van der Waals surface area (Å²) in [6.07, 6.45) is 3.10. The van der Waals surface area contributed by atoms with Crippen LogP contribution in [0.2, 0.25) is 0 Å². The standard InChI is InChI=1S/C19H25N3O/c1-4-22-12(2)10-17(13(22)3)19(23)21-18-7-5-6-14-11-15(20)8-9-16(14)18/h8-11,18H,4-7,20H2,1-3H3,(H,21,23). The van der Waals surface area contributed by atoms with Crippen molar-refractivity contribution in [1.29, 1.82) is 0 Å². The van der Waals surface area contributed by atoms with Crippen LogP contribution >= 0.6 is 0 Å². The Labute approximate surface area is 137 Å². The third-order valence-electron chi connectivity index (χ3n) is 4.92. The molecule has 122 valence electrons. The Hall–Kier alpha value is -2.23. The predicted octanol–water partition coefficient (Wildman–Crippen LogP) is 3.51. The molecule has 3 N–H and O–H groups in total. The Bertz CT molecular complexity index is 745. The molecule has 0 radical (unpaired) electrons. The minimum Gasteiger partial charge on any atom is -0.399 e. The fraction of sp³-hybridized carbons (Fsp3) is 0.421. The van der Waals surface area contributed by atoms with E-state index in [1.54, 1.807) is 0 Å². The first-order valence-corrected chi connectivity index (χ1v) is 8.37. The number of aromatic nitrogens is 1. The summed E-state index contributed by atoms with van der Waals surface area (Å²) in [5, 5.41) is 3.22. The van der Waals surface area contributed by atoms with Crippen LogP contribution in [0.3, 0.4) is 0 Å². The lowest BCUT2D eigenvalue weighted by Gasteiger charge is -2.26. The van der Waals surface area contributed by atoms with Crippen molar-refractivity contribution in [2.24, 2.45) is 0 Å². The summed E-state index contributed by atoms with van der Waals surface area (Å²) >= 11 is 0. The lowest BCUT2D eigenvalue weighted by atomic mass is 9.87. The van der Waals surface area contributed by atoms with Crippen LogP contribution in [0.1, 0.15) is 58.7 Å². The van der Waals surface area contributed by atoms with Crippen molar-refractivity contribution in [3.05, 3.63) is 52.3 Å². The number of nitrogens with zero attached hydrogens (tertiary/aromatic N) is 1. The summed E-state index contributed by atoms with van der Waals surface area (Å²) in [5.74, 6) is 0.0208. The van der Waals surface area contributed by atoms with Crippen molar-refractivity contribution >= 4 is 11.6 Å². The number of rotatable bonds is 3. The highest BCUT2D eigenvalue weighted by atomic mass is 16.1. The summed E-state index contributed by atoms with van der Waals surface area (Å²) in [5.41, 5.74) is 12.1. The third kappa shape index (κ3) is 2.85. The molecule has 0 spiro atoms. The number of hydrogen-bond acceptors (Lipinski definition) is 2. The number of nitrogens with one attached hydrogen (secondary N) is 1. The van der Waals surface area contributed by atoms with Gasteiger partial charge in [-0.15, -0.1) is 0 Å². The second-order valence-electron chi connectivity index (χ2n) is 6.41. The van der Waals surface area contributed by atoms with Crippen molar-refractivity contribution in [2.75, 3.05) is 5.73 Å². The number of amides is 1. The highest BCUT2D eigenvalue weighted by molar-refractivity contribution is 5.96. The maximum atomic E-state index is 12.7. The van der Waals surface area contributed by atoms with Crippen LogP contribution in [0, 0.1) is 13.8 Å². The zero-order valence-corrected chi connectivity index (χ0v) is 14.1. The molecule has 1 heterocycles. The number of benzene rings is 1. The number of carbonyl (C=O) groups excluding carboxylic acids is 1. The molecular formula is C19H25N3O. The highest BCUT2D eigenvalue weighted by Crippen LogP contribution is 2.31. The molecule has 1 aliphatic rings. The van der Waals surface area contributed by atoms with Crippen LogP contribution in [-0.2, 0) is 13.0 Å². The molecule has 1 aromatic carbocycles. The number of hydrogen-bond donors (Lipinski definition) is 2. The topological polar surface area (TPSA) is 60.0 Å². The second kappa shape index (κ2) is 6.11. The van der Waals surface area contributed by atoms with Crippen molar-refractivity contribution in [3.8, 4) is 0 Å². The molecule has 1 amide bonds. The van der Waals surface area contributed by atoms with Gasteiger partial charge in [-0.05, 0) is 69.4 Å². The van der Waals surface area contributed by atoms with Crippen LogP contribution in [-0.4, -0.2) is 10.5 Å². The fourth-order valence-electron chi connectivity index (χ4n) is 3.74. The van der Waals surface area contributed by atoms with Crippen molar-refractivity contribution in [2.45, 2.75) is 52.6 Å². The van der Waals surface area contributed by atoms with E-state index in [9.17, 15) is 4.79 Å². The second-order valence-corrected chi connectivity index (χ2v) is 6.41. The van der Waals surface area contributed by atoms with E-state index in [0.717, 1.165) is 48.4 Å². The van der Waals surface area contributed by atoms with E-state index in [1.165, 1.54) is 11.1 Å². The zero-order chi connectivity index (χ0) is 16.6. The molecule has 1 atom stereocenters. The normalized spacial score (nSPS) is 16.9. The number of anilines is 1. The van der Waals surface area contributed by atoms with Gasteiger partial charge in [0.15, 0.2) is 0 Å². The number of carbonyl (C=O) groups is 1. The van der Waals surface area contributed by atoms with Gasteiger partial charge in [-0.3, -0.25) is 4.79 Å². The summed E-state index contributed by atoms with van der Waals surface area (Å²) in [6, 6.07) is 8.09. The maximum Gasteiger partial charge on any atom is 0.253 e. The largest absolute Gasteiger partial charge is 0.399 e. The van der Waals surface area contributed by atoms with Crippen molar-refractivity contribution in [1.82, 2.24) is 9.88 Å². The quantitative estimate of drug-likeness (QED) is 0.852. The van der Waals surface area contributed by atoms with Crippen molar-refractivity contribution in [3.63, 3.8) is 0 Å². The number of aryl methyl sites for hydroxylation is 2. The molecule has 1 aliphatic carbocycles. The molecule has 0 aliphatic heterocycles. The van der Waals surface area contributed by atoms with Gasteiger partial charge < -0.3 is 15.6 Å². The highest BCUT2D eigenvalue weighted by Gasteiger charge is 2.24. The van der Waals surface area contributed by atoms with Gasteiger partial charge in [-0.1, -0.05) is 6.07 Å². The van der Waals surface area contributed by atoms with Gasteiger partial charge >= 0.3 is 0 Å². The van der Waals surface area contributed by atoms with E-state index in [1.807, 2.05) is 32.0 Å². The number of nitrogen functional groups attached to an aromatic ring is 1. The molecule has 1 aromatic heterocycles. The lowest BCUT2D eigenvalue weighted by molar-refractivity contribution is 0.0932. The van der Waals surface area contributed by atoms with Crippen LogP contribution < -0.4 is 11.1 Å². The Balaban J connectivity index is 1.85. The molecule has 4 heteroatoms. The minimum absolute atomic E-state index is 0.0208. The Morgan fingerprint density at radius 3 is 2.83 bits per heavy atom. The molecule has 0 bridgehead atoms. The van der Waals surface area contributed by atoms with Gasteiger partial charge in [0.2, 0.25) is 0 Å². The Morgan fingerprint density at radius 1 is 1.35 bits per heavy atom. The number of nitrogens with two attached hydrogens (primary N) is 1. The average molecular weight is 311 g/mol. The minimum atomic E-state index is 0.0208. The van der Waals surface area contributed by atoms with Gasteiger partial charge in [-0.2, -0.15) is 0 Å². The van der Waals surface area contributed by atoms with Crippen LogP contribution in [0.4, 0.5) is 5.69 Å². The van der Waals surface area contributed by atoms with E-state index in [4.69, 9.17) is 5.73 Å². The van der Waals surface area contributed by atoms with E-state index in [0.29, 0.717) is 0 Å². The molecule has 23 heavy (non-hydrogen) atoms. The van der Waals surface area contributed by atoms with E-state index < -0.39 is 0 Å². The molecule has 1 unspecified atom stereocenters. The van der Waals surface area contributed by atoms with Crippen LogP contribution in [0.25, 0.3) is 0 Å². The van der Waals surface area contributed by atoms with Gasteiger partial charge in [0.1, 0.15) is 0 Å². The lowest BCUT2D eigenvalue weighted by Crippen LogP contribution is -2.31. The Kier molecular flexibility index (Phi) is 4.16. The average Bonchev–Trinajstić information content (AvgIpc) is 2.81. The maximum absolute atomic E-state index is 12.7. The molecule has 0 saturated heterocycles. The molecule has 2 aromatic rings. The van der Waals surface area contributed by atoms with Gasteiger partial charge in [0.05, 0.1) is 11.6 Å². The first-order chi connectivity index (χ1) is 11.0. The molecule has 0 fully saturated rings. The van der Waals surface area contributed by atoms with Crippen LogP contribution in [0.15, 0.2) is 24.3 Å². The van der Waals surface area contributed by atoms with E-state index in [2.05, 4.69) is 22.9 Å². The predicted molar refractivity (Wildman–Crippen MR) is 93.6 cm³/mol. The zero-order valence-electron chi connectivity index (χ0n) is 14.1. The molecule has 0 saturated carbocycles. The summed E-state index contributed by atoms with van der Waals surface area (Å²) in [4.78, 5) is 12.7. The Morgan fingerprint density at radius 2 is 2.13 bits per heavy atom. The van der Waals surface area contributed by atoms with E-state index in [-0.39, 0.29) is 11.9 Å². The third-order valence-corrected chi connectivity index (χ3v) is 4.92.